The van der Waals surface area contributed by atoms with Crippen molar-refractivity contribution in [2.45, 2.75) is 26.2 Å². The minimum atomic E-state index is 0.278. The monoisotopic (exact) mass is 214 g/mol. The summed E-state index contributed by atoms with van der Waals surface area (Å²) >= 11 is 2.55. The second-order valence-corrected chi connectivity index (χ2v) is 4.88. The second kappa shape index (κ2) is 3.00. The van der Waals surface area contributed by atoms with Gasteiger partial charge < -0.3 is 0 Å². The second-order valence-electron chi connectivity index (χ2n) is 3.80. The Morgan fingerprint density at radius 3 is 1.82 bits per heavy atom. The summed E-state index contributed by atoms with van der Waals surface area (Å²) in [5.41, 5.74) is 1.67. The molecule has 0 aromatic heterocycles. The van der Waals surface area contributed by atoms with Gasteiger partial charge in [-0.25, -0.2) is 0 Å². The molecule has 0 N–H and O–H groups in total. The van der Waals surface area contributed by atoms with Crippen LogP contribution >= 0.6 is 0 Å². The standard InChI is InChI=1S/C10H14Se/c1-10(2,3)8-4-6-9(11)7-5-8/h4-7,11H,1-3H3. The number of hydrogen-bond donors (Lipinski definition) is 0. The summed E-state index contributed by atoms with van der Waals surface area (Å²) in [6.45, 7) is 6.69. The molecule has 0 unspecified atom stereocenters. The van der Waals surface area contributed by atoms with Gasteiger partial charge in [-0.05, 0) is 0 Å². The third kappa shape index (κ3) is 2.35. The molecule has 0 radical (unpaired) electrons. The molecule has 0 heterocycles. The van der Waals surface area contributed by atoms with Gasteiger partial charge in [-0.3, -0.25) is 0 Å². The molecule has 1 heteroatoms. The summed E-state index contributed by atoms with van der Waals surface area (Å²) < 4.78 is 1.27. The third-order valence-corrected chi connectivity index (χ3v) is 2.36. The summed E-state index contributed by atoms with van der Waals surface area (Å²) in [5.74, 6) is 0. The first-order valence-electron chi connectivity index (χ1n) is 3.79. The van der Waals surface area contributed by atoms with Gasteiger partial charge in [-0.15, -0.1) is 0 Å². The molecule has 0 fully saturated rings. The molecule has 1 aromatic rings. The average molecular weight is 213 g/mol. The molecule has 1 rings (SSSR count). The van der Waals surface area contributed by atoms with E-state index in [9.17, 15) is 0 Å². The number of hydrogen-bond acceptors (Lipinski definition) is 0. The first-order chi connectivity index (χ1) is 5.00. The number of rotatable bonds is 0. The van der Waals surface area contributed by atoms with E-state index >= 15 is 0 Å². The van der Waals surface area contributed by atoms with Crippen LogP contribution in [0.3, 0.4) is 0 Å². The molecule has 0 nitrogen and oxygen atoms in total. The zero-order valence-electron chi connectivity index (χ0n) is 7.26. The van der Waals surface area contributed by atoms with Crippen LogP contribution in [0.2, 0.25) is 0 Å². The van der Waals surface area contributed by atoms with E-state index in [1.54, 1.807) is 0 Å². The molecule has 1 aromatic carbocycles. The van der Waals surface area contributed by atoms with Crippen LogP contribution in [0.4, 0.5) is 0 Å². The zero-order chi connectivity index (χ0) is 8.48. The van der Waals surface area contributed by atoms with Crippen LogP contribution in [0.5, 0.6) is 0 Å². The summed E-state index contributed by atoms with van der Waals surface area (Å²) in [7, 11) is 0. The van der Waals surface area contributed by atoms with Gasteiger partial charge in [0, 0.05) is 0 Å². The van der Waals surface area contributed by atoms with Gasteiger partial charge in [0.15, 0.2) is 0 Å². The summed E-state index contributed by atoms with van der Waals surface area (Å²) in [6, 6.07) is 8.66. The minimum absolute atomic E-state index is 0.278. The molecule has 0 bridgehead atoms. The normalized spacial score (nSPS) is 11.6. The van der Waals surface area contributed by atoms with Crippen molar-refractivity contribution in [2.24, 2.45) is 0 Å². The molecule has 0 atom stereocenters. The maximum absolute atomic E-state index is 2.55. The molecule has 0 aliphatic carbocycles. The topological polar surface area (TPSA) is 0 Å². The van der Waals surface area contributed by atoms with Crippen molar-refractivity contribution < 1.29 is 0 Å². The summed E-state index contributed by atoms with van der Waals surface area (Å²) in [4.78, 5) is 0. The van der Waals surface area contributed by atoms with E-state index in [2.05, 4.69) is 61.0 Å². The fourth-order valence-corrected chi connectivity index (χ4v) is 1.27. The van der Waals surface area contributed by atoms with Crippen molar-refractivity contribution in [3.63, 3.8) is 0 Å². The van der Waals surface area contributed by atoms with Gasteiger partial charge in [0.05, 0.1) is 0 Å². The molecule has 0 saturated carbocycles. The van der Waals surface area contributed by atoms with E-state index in [-0.39, 0.29) is 5.41 Å². The van der Waals surface area contributed by atoms with Gasteiger partial charge >= 0.3 is 76.5 Å². The quantitative estimate of drug-likeness (QED) is 0.573. The Morgan fingerprint density at radius 1 is 1.00 bits per heavy atom. The molecule has 0 saturated heterocycles. The van der Waals surface area contributed by atoms with E-state index in [0.29, 0.717) is 0 Å². The molecule has 0 amide bonds. The van der Waals surface area contributed by atoms with Crippen LogP contribution in [-0.2, 0) is 5.41 Å². The van der Waals surface area contributed by atoms with Crippen molar-refractivity contribution in [1.82, 2.24) is 0 Å². The van der Waals surface area contributed by atoms with Crippen molar-refractivity contribution in [3.05, 3.63) is 29.8 Å². The fraction of sp³-hybridized carbons (Fsp3) is 0.400. The Bertz CT molecular complexity index is 228. The first-order valence-corrected chi connectivity index (χ1v) is 4.73. The Hall–Kier alpha value is -0.261. The van der Waals surface area contributed by atoms with Crippen molar-refractivity contribution in [3.8, 4) is 0 Å². The maximum atomic E-state index is 2.55. The van der Waals surface area contributed by atoms with E-state index in [1.807, 2.05) is 0 Å². The summed E-state index contributed by atoms with van der Waals surface area (Å²) in [6.07, 6.45) is 0. The van der Waals surface area contributed by atoms with Crippen LogP contribution in [0.1, 0.15) is 26.3 Å². The van der Waals surface area contributed by atoms with Gasteiger partial charge in [0.1, 0.15) is 0 Å². The van der Waals surface area contributed by atoms with Crippen LogP contribution < -0.4 is 4.46 Å². The van der Waals surface area contributed by atoms with Gasteiger partial charge in [-0.2, -0.15) is 0 Å². The van der Waals surface area contributed by atoms with E-state index in [4.69, 9.17) is 0 Å². The fourth-order valence-electron chi connectivity index (χ4n) is 0.961. The Morgan fingerprint density at radius 2 is 1.45 bits per heavy atom. The molecule has 0 aliphatic rings. The predicted octanol–water partition coefficient (Wildman–Crippen LogP) is 1.51. The molecule has 0 spiro atoms. The molecule has 11 heavy (non-hydrogen) atoms. The van der Waals surface area contributed by atoms with E-state index in [0.717, 1.165) is 0 Å². The van der Waals surface area contributed by atoms with Crippen LogP contribution in [0, 0.1) is 0 Å². The van der Waals surface area contributed by atoms with E-state index in [1.165, 1.54) is 10.0 Å². The van der Waals surface area contributed by atoms with Crippen LogP contribution in [0.15, 0.2) is 24.3 Å². The predicted molar refractivity (Wildman–Crippen MR) is 51.9 cm³/mol. The van der Waals surface area contributed by atoms with Crippen LogP contribution in [-0.4, -0.2) is 16.0 Å². The average Bonchev–Trinajstić information content (AvgIpc) is 1.86. The van der Waals surface area contributed by atoms with Crippen molar-refractivity contribution in [1.29, 1.82) is 0 Å². The van der Waals surface area contributed by atoms with E-state index < -0.39 is 0 Å². The van der Waals surface area contributed by atoms with Gasteiger partial charge in [0.2, 0.25) is 0 Å². The Balaban J connectivity index is 2.99. The molecular formula is C10H14Se. The molecule has 60 valence electrons. The molecular weight excluding hydrogens is 199 g/mol. The molecule has 0 aliphatic heterocycles. The van der Waals surface area contributed by atoms with Crippen molar-refractivity contribution >= 4 is 20.5 Å². The third-order valence-electron chi connectivity index (χ3n) is 1.73. The Labute approximate surface area is 76.8 Å². The van der Waals surface area contributed by atoms with Gasteiger partial charge in [-0.1, -0.05) is 0 Å². The van der Waals surface area contributed by atoms with Gasteiger partial charge in [0.25, 0.3) is 0 Å². The Kier molecular flexibility index (Phi) is 2.41. The zero-order valence-corrected chi connectivity index (χ0v) is 9.13. The SMILES string of the molecule is CC(C)(C)c1ccc([SeH])cc1. The summed E-state index contributed by atoms with van der Waals surface area (Å²) in [5, 5.41) is 0. The number of benzene rings is 1. The first kappa shape index (κ1) is 8.83. The van der Waals surface area contributed by atoms with Crippen molar-refractivity contribution in [2.75, 3.05) is 0 Å². The van der Waals surface area contributed by atoms with Crippen LogP contribution in [0.25, 0.3) is 0 Å².